The molecular formula is C17H16N4O. The van der Waals surface area contributed by atoms with E-state index in [0.717, 1.165) is 22.5 Å². The van der Waals surface area contributed by atoms with Gasteiger partial charge in [0.1, 0.15) is 5.69 Å². The zero-order valence-electron chi connectivity index (χ0n) is 12.5. The summed E-state index contributed by atoms with van der Waals surface area (Å²) in [5.74, 6) is 0.699. The maximum atomic E-state index is 12.1. The lowest BCUT2D eigenvalue weighted by molar-refractivity contribution is 0.0988. The lowest BCUT2D eigenvalue weighted by Crippen LogP contribution is -2.04. The molecule has 0 atom stereocenters. The number of hydrogen-bond donors (Lipinski definition) is 1. The molecule has 5 nitrogen and oxygen atoms in total. The van der Waals surface area contributed by atoms with E-state index < -0.39 is 0 Å². The number of hydrogen-bond acceptors (Lipinski definition) is 4. The van der Waals surface area contributed by atoms with Crippen molar-refractivity contribution in [3.63, 3.8) is 0 Å². The summed E-state index contributed by atoms with van der Waals surface area (Å²) in [6, 6.07) is 11.4. The number of ketones is 1. The Morgan fingerprint density at radius 1 is 1.14 bits per heavy atom. The van der Waals surface area contributed by atoms with Gasteiger partial charge in [0.25, 0.3) is 0 Å². The zero-order valence-corrected chi connectivity index (χ0v) is 12.5. The van der Waals surface area contributed by atoms with E-state index in [1.54, 1.807) is 12.3 Å². The monoisotopic (exact) mass is 292 g/mol. The number of carbonyl (C=O) groups excluding carboxylic acids is 1. The molecule has 110 valence electrons. The Morgan fingerprint density at radius 2 is 1.91 bits per heavy atom. The average molecular weight is 292 g/mol. The van der Waals surface area contributed by atoms with Crippen LogP contribution in [-0.4, -0.2) is 25.9 Å². The largest absolute Gasteiger partial charge is 0.292 e. The Hall–Kier alpha value is -2.82. The minimum Gasteiger partial charge on any atom is -0.292 e. The number of benzene rings is 1. The quantitative estimate of drug-likeness (QED) is 0.750. The fraction of sp³-hybridized carbons (Fsp3) is 0.176. The Balaban J connectivity index is 1.76. The summed E-state index contributed by atoms with van der Waals surface area (Å²) in [5.41, 5.74) is 4.18. The highest BCUT2D eigenvalue weighted by Crippen LogP contribution is 2.16. The molecule has 0 radical (unpaired) electrons. The zero-order chi connectivity index (χ0) is 15.5. The first-order chi connectivity index (χ1) is 10.6. The van der Waals surface area contributed by atoms with Crippen molar-refractivity contribution in [1.82, 2.24) is 20.2 Å². The highest BCUT2D eigenvalue weighted by Gasteiger charge is 2.10. The molecule has 5 heteroatoms. The van der Waals surface area contributed by atoms with Crippen LogP contribution in [0, 0.1) is 13.8 Å². The molecule has 0 saturated heterocycles. The van der Waals surface area contributed by atoms with Crippen LogP contribution >= 0.6 is 0 Å². The molecule has 22 heavy (non-hydrogen) atoms. The van der Waals surface area contributed by atoms with E-state index in [-0.39, 0.29) is 5.78 Å². The Labute approximate surface area is 128 Å². The second kappa shape index (κ2) is 5.89. The van der Waals surface area contributed by atoms with Crippen molar-refractivity contribution >= 4 is 5.78 Å². The molecular weight excluding hydrogens is 276 g/mol. The minimum atomic E-state index is 0.00362. The molecule has 0 aliphatic rings. The third-order valence-corrected chi connectivity index (χ3v) is 3.36. The second-order valence-corrected chi connectivity index (χ2v) is 5.25. The normalized spacial score (nSPS) is 10.6. The molecule has 0 bridgehead atoms. The molecule has 2 heterocycles. The van der Waals surface area contributed by atoms with Gasteiger partial charge in [-0.2, -0.15) is 5.10 Å². The van der Waals surface area contributed by atoms with Crippen molar-refractivity contribution in [2.24, 2.45) is 0 Å². The molecule has 3 aromatic rings. The first-order valence-corrected chi connectivity index (χ1v) is 7.06. The van der Waals surface area contributed by atoms with E-state index in [9.17, 15) is 4.79 Å². The van der Waals surface area contributed by atoms with Crippen LogP contribution in [-0.2, 0) is 6.42 Å². The van der Waals surface area contributed by atoms with Crippen LogP contribution in [0.3, 0.4) is 0 Å². The maximum absolute atomic E-state index is 12.1. The number of aryl methyl sites for hydroxylation is 2. The lowest BCUT2D eigenvalue weighted by Gasteiger charge is -2.03. The van der Waals surface area contributed by atoms with Gasteiger partial charge in [0.05, 0.1) is 0 Å². The molecule has 0 spiro atoms. The van der Waals surface area contributed by atoms with E-state index in [2.05, 4.69) is 20.2 Å². The summed E-state index contributed by atoms with van der Waals surface area (Å²) in [6.45, 7) is 3.81. The molecule has 0 unspecified atom stereocenters. The molecule has 0 aliphatic carbocycles. The summed E-state index contributed by atoms with van der Waals surface area (Å²) in [7, 11) is 0. The maximum Gasteiger partial charge on any atom is 0.187 e. The Morgan fingerprint density at radius 3 is 2.55 bits per heavy atom. The lowest BCUT2D eigenvalue weighted by atomic mass is 10.0. The third-order valence-electron chi connectivity index (χ3n) is 3.36. The van der Waals surface area contributed by atoms with Crippen molar-refractivity contribution in [3.05, 3.63) is 65.2 Å². The highest BCUT2D eigenvalue weighted by molar-refractivity contribution is 5.95. The van der Waals surface area contributed by atoms with Crippen molar-refractivity contribution in [2.75, 3.05) is 0 Å². The number of H-pyrrole nitrogens is 1. The van der Waals surface area contributed by atoms with E-state index >= 15 is 0 Å². The number of nitrogens with zero attached hydrogens (tertiary/aromatic N) is 3. The van der Waals surface area contributed by atoms with Crippen LogP contribution in [0.15, 0.2) is 42.6 Å². The summed E-state index contributed by atoms with van der Waals surface area (Å²) in [5, 5.41) is 6.78. The van der Waals surface area contributed by atoms with Gasteiger partial charge in [-0.15, -0.1) is 0 Å². The number of carbonyl (C=O) groups is 1. The summed E-state index contributed by atoms with van der Waals surface area (Å²) >= 11 is 0. The number of aromatic nitrogens is 4. The van der Waals surface area contributed by atoms with Crippen LogP contribution in [0.25, 0.3) is 11.4 Å². The molecule has 0 fully saturated rings. The first kappa shape index (κ1) is 14.1. The molecule has 0 saturated carbocycles. The van der Waals surface area contributed by atoms with E-state index in [0.29, 0.717) is 17.9 Å². The second-order valence-electron chi connectivity index (χ2n) is 5.25. The number of Topliss-reactive ketones (excluding diaryl/α,β-unsaturated/α-hetero) is 1. The van der Waals surface area contributed by atoms with Crippen molar-refractivity contribution in [3.8, 4) is 11.4 Å². The van der Waals surface area contributed by atoms with Crippen LogP contribution in [0.5, 0.6) is 0 Å². The van der Waals surface area contributed by atoms with Crippen LogP contribution < -0.4 is 0 Å². The Bertz CT molecular complexity index is 806. The summed E-state index contributed by atoms with van der Waals surface area (Å²) in [6.07, 6.45) is 2.08. The number of aromatic amines is 1. The van der Waals surface area contributed by atoms with Gasteiger partial charge in [-0.25, -0.2) is 9.97 Å². The standard InChI is InChI=1S/C17H16N4O/c1-11-7-8-18-17(19-11)14-5-3-13(4-6-14)10-16(22)15-9-12(2)20-21-15/h3-9H,10H2,1-2H3,(H,20,21). The summed E-state index contributed by atoms with van der Waals surface area (Å²) < 4.78 is 0. The van der Waals surface area contributed by atoms with Gasteiger partial charge in [-0.05, 0) is 31.5 Å². The van der Waals surface area contributed by atoms with Crippen molar-refractivity contribution in [2.45, 2.75) is 20.3 Å². The predicted molar refractivity (Wildman–Crippen MR) is 83.6 cm³/mol. The fourth-order valence-electron chi connectivity index (χ4n) is 2.20. The van der Waals surface area contributed by atoms with Gasteiger partial charge in [0, 0.05) is 29.6 Å². The number of nitrogens with one attached hydrogen (secondary N) is 1. The highest BCUT2D eigenvalue weighted by atomic mass is 16.1. The molecule has 3 rings (SSSR count). The van der Waals surface area contributed by atoms with Crippen molar-refractivity contribution in [1.29, 1.82) is 0 Å². The Kier molecular flexibility index (Phi) is 3.78. The molecule has 0 aliphatic heterocycles. The molecule has 1 N–H and O–H groups in total. The van der Waals surface area contributed by atoms with E-state index in [1.165, 1.54) is 0 Å². The molecule has 2 aromatic heterocycles. The molecule has 0 amide bonds. The van der Waals surface area contributed by atoms with Gasteiger partial charge in [0.15, 0.2) is 11.6 Å². The van der Waals surface area contributed by atoms with Gasteiger partial charge in [0.2, 0.25) is 0 Å². The molecule has 1 aromatic carbocycles. The van der Waals surface area contributed by atoms with Gasteiger partial charge in [-0.3, -0.25) is 9.89 Å². The number of rotatable bonds is 4. The van der Waals surface area contributed by atoms with Crippen LogP contribution in [0.2, 0.25) is 0 Å². The fourth-order valence-corrected chi connectivity index (χ4v) is 2.20. The van der Waals surface area contributed by atoms with E-state index in [4.69, 9.17) is 0 Å². The smallest absolute Gasteiger partial charge is 0.187 e. The first-order valence-electron chi connectivity index (χ1n) is 7.06. The van der Waals surface area contributed by atoms with E-state index in [1.807, 2.05) is 44.2 Å². The third kappa shape index (κ3) is 3.09. The summed E-state index contributed by atoms with van der Waals surface area (Å²) in [4.78, 5) is 20.8. The van der Waals surface area contributed by atoms with Crippen LogP contribution in [0.4, 0.5) is 0 Å². The van der Waals surface area contributed by atoms with Gasteiger partial charge in [-0.1, -0.05) is 24.3 Å². The SMILES string of the molecule is Cc1ccnc(-c2ccc(CC(=O)c3cc(C)[nH]n3)cc2)n1. The van der Waals surface area contributed by atoms with Gasteiger partial charge >= 0.3 is 0 Å². The average Bonchev–Trinajstić information content (AvgIpc) is 2.95. The van der Waals surface area contributed by atoms with Gasteiger partial charge < -0.3 is 0 Å². The topological polar surface area (TPSA) is 71.5 Å². The predicted octanol–water partition coefficient (Wildman–Crippen LogP) is 2.91. The van der Waals surface area contributed by atoms with Crippen LogP contribution in [0.1, 0.15) is 27.4 Å². The minimum absolute atomic E-state index is 0.00362. The van der Waals surface area contributed by atoms with Crippen molar-refractivity contribution < 1.29 is 4.79 Å².